The van der Waals surface area contributed by atoms with E-state index in [0.29, 0.717) is 18.4 Å². The molecule has 2 N–H and O–H groups in total. The van der Waals surface area contributed by atoms with E-state index >= 15 is 0 Å². The van der Waals surface area contributed by atoms with Crippen LogP contribution in [0.1, 0.15) is 48.3 Å². The van der Waals surface area contributed by atoms with Crippen LogP contribution in [-0.4, -0.2) is 39.8 Å². The molecule has 0 aliphatic carbocycles. The van der Waals surface area contributed by atoms with Gasteiger partial charge >= 0.3 is 0 Å². The van der Waals surface area contributed by atoms with Crippen LogP contribution in [0.3, 0.4) is 0 Å². The number of rotatable bonds is 6. The van der Waals surface area contributed by atoms with E-state index in [4.69, 9.17) is 0 Å². The molecule has 156 valence electrons. The predicted molar refractivity (Wildman–Crippen MR) is 117 cm³/mol. The van der Waals surface area contributed by atoms with E-state index in [-0.39, 0.29) is 30.4 Å². The molecule has 2 atom stereocenters. The molecule has 0 unspecified atom stereocenters. The molecule has 2 aliphatic heterocycles. The number of fused-ring (bicyclic) bond motifs is 4. The molecule has 2 aromatic rings. The molecule has 8 heteroatoms. The van der Waals surface area contributed by atoms with E-state index in [2.05, 4.69) is 46.5 Å². The van der Waals surface area contributed by atoms with Crippen LogP contribution in [0, 0.1) is 5.92 Å². The van der Waals surface area contributed by atoms with E-state index < -0.39 is 0 Å². The van der Waals surface area contributed by atoms with Crippen molar-refractivity contribution in [2.45, 2.75) is 51.7 Å². The Balaban J connectivity index is 0.00000140. The number of piperidine rings is 1. The minimum atomic E-state index is 0. The SMILES string of the molecule is CCCc1cc(CN(C)Cc2ccc3n(c2=O)C[C@@H]2CNC[C@H]3C2)[nH]n1.Cl.Cl. The third-order valence-corrected chi connectivity index (χ3v) is 5.66. The van der Waals surface area contributed by atoms with Gasteiger partial charge in [-0.25, -0.2) is 0 Å². The summed E-state index contributed by atoms with van der Waals surface area (Å²) in [6.45, 7) is 6.48. The molecule has 0 amide bonds. The summed E-state index contributed by atoms with van der Waals surface area (Å²) in [5.41, 5.74) is 4.52. The van der Waals surface area contributed by atoms with Crippen molar-refractivity contribution in [2.75, 3.05) is 20.1 Å². The van der Waals surface area contributed by atoms with Gasteiger partial charge in [-0.2, -0.15) is 5.10 Å². The van der Waals surface area contributed by atoms with Crippen molar-refractivity contribution in [2.24, 2.45) is 5.92 Å². The highest BCUT2D eigenvalue weighted by Crippen LogP contribution is 2.31. The number of hydrogen-bond acceptors (Lipinski definition) is 4. The molecule has 1 fully saturated rings. The van der Waals surface area contributed by atoms with Gasteiger partial charge in [0, 0.05) is 49.0 Å². The molecule has 4 rings (SSSR count). The zero-order chi connectivity index (χ0) is 18.1. The van der Waals surface area contributed by atoms with Crippen molar-refractivity contribution in [3.63, 3.8) is 0 Å². The van der Waals surface area contributed by atoms with Crippen LogP contribution in [0.4, 0.5) is 0 Å². The molecule has 0 saturated carbocycles. The van der Waals surface area contributed by atoms with Crippen LogP contribution >= 0.6 is 24.8 Å². The first-order chi connectivity index (χ1) is 12.6. The normalized spacial score (nSPS) is 20.2. The molecule has 2 aliphatic rings. The molecular formula is C20H31Cl2N5O. The first kappa shape index (κ1) is 22.9. The van der Waals surface area contributed by atoms with Gasteiger partial charge in [-0.1, -0.05) is 19.4 Å². The number of hydrogen-bond donors (Lipinski definition) is 2. The maximum atomic E-state index is 13.0. The minimum absolute atomic E-state index is 0. The number of halogens is 2. The Morgan fingerprint density at radius 2 is 2.07 bits per heavy atom. The van der Waals surface area contributed by atoms with Crippen molar-refractivity contribution < 1.29 is 0 Å². The van der Waals surface area contributed by atoms with E-state index in [1.165, 1.54) is 12.1 Å². The minimum Gasteiger partial charge on any atom is -0.316 e. The van der Waals surface area contributed by atoms with Crippen LogP contribution in [0.2, 0.25) is 0 Å². The lowest BCUT2D eigenvalue weighted by Gasteiger charge is -2.37. The third kappa shape index (κ3) is 4.79. The smallest absolute Gasteiger partial charge is 0.255 e. The molecule has 0 radical (unpaired) electrons. The summed E-state index contributed by atoms with van der Waals surface area (Å²) in [7, 11) is 2.06. The Labute approximate surface area is 178 Å². The second kappa shape index (κ2) is 9.92. The fourth-order valence-electron chi connectivity index (χ4n) is 4.47. The lowest BCUT2D eigenvalue weighted by Crippen LogP contribution is -2.45. The Bertz CT molecular complexity index is 834. The Morgan fingerprint density at radius 1 is 1.25 bits per heavy atom. The average molecular weight is 428 g/mol. The zero-order valence-electron chi connectivity index (χ0n) is 16.6. The summed E-state index contributed by atoms with van der Waals surface area (Å²) in [6, 6.07) is 6.34. The number of aryl methyl sites for hydroxylation is 1. The summed E-state index contributed by atoms with van der Waals surface area (Å²) in [5, 5.41) is 11.0. The van der Waals surface area contributed by atoms with Gasteiger partial charge in [-0.15, -0.1) is 24.8 Å². The Kier molecular flexibility index (Phi) is 8.13. The first-order valence-electron chi connectivity index (χ1n) is 9.79. The van der Waals surface area contributed by atoms with Gasteiger partial charge in [-0.05, 0) is 44.5 Å². The molecule has 2 aromatic heterocycles. The standard InChI is InChI=1S/C20H29N5O.2ClH/c1-3-4-17-8-18(23-22-17)13-24(2)12-15-5-6-19-16-7-14(9-21-10-16)11-25(19)20(15)26;;/h5-6,8,14,16,21H,3-4,7,9-13H2,1-2H3,(H,22,23);2*1H/t14-,16+;;/m0../s1. The summed E-state index contributed by atoms with van der Waals surface area (Å²) < 4.78 is 2.04. The summed E-state index contributed by atoms with van der Waals surface area (Å²) in [6.07, 6.45) is 3.32. The fourth-order valence-corrected chi connectivity index (χ4v) is 4.47. The molecule has 28 heavy (non-hydrogen) atoms. The number of nitrogens with one attached hydrogen (secondary N) is 2. The van der Waals surface area contributed by atoms with Gasteiger partial charge < -0.3 is 9.88 Å². The van der Waals surface area contributed by atoms with Crippen molar-refractivity contribution in [1.29, 1.82) is 0 Å². The first-order valence-corrected chi connectivity index (χ1v) is 9.79. The van der Waals surface area contributed by atoms with Crippen molar-refractivity contribution in [1.82, 2.24) is 25.0 Å². The van der Waals surface area contributed by atoms with E-state index in [1.54, 1.807) is 0 Å². The van der Waals surface area contributed by atoms with Crippen molar-refractivity contribution in [3.8, 4) is 0 Å². The van der Waals surface area contributed by atoms with Crippen LogP contribution in [-0.2, 0) is 26.1 Å². The Hall–Kier alpha value is -1.34. The van der Waals surface area contributed by atoms with Crippen molar-refractivity contribution in [3.05, 3.63) is 51.2 Å². The highest BCUT2D eigenvalue weighted by molar-refractivity contribution is 5.85. The van der Waals surface area contributed by atoms with Crippen LogP contribution in [0.25, 0.3) is 0 Å². The lowest BCUT2D eigenvalue weighted by atomic mass is 9.84. The van der Waals surface area contributed by atoms with E-state index in [9.17, 15) is 4.79 Å². The van der Waals surface area contributed by atoms with Crippen LogP contribution in [0.5, 0.6) is 0 Å². The van der Waals surface area contributed by atoms with Crippen molar-refractivity contribution >= 4 is 24.8 Å². The lowest BCUT2D eigenvalue weighted by molar-refractivity contribution is 0.254. The zero-order valence-corrected chi connectivity index (χ0v) is 18.2. The van der Waals surface area contributed by atoms with Gasteiger partial charge in [0.15, 0.2) is 0 Å². The predicted octanol–water partition coefficient (Wildman–Crippen LogP) is 2.71. The van der Waals surface area contributed by atoms with E-state index in [0.717, 1.165) is 56.0 Å². The molecule has 0 spiro atoms. The number of H-pyrrole nitrogens is 1. The molecule has 1 saturated heterocycles. The summed E-state index contributed by atoms with van der Waals surface area (Å²) >= 11 is 0. The number of aromatic nitrogens is 3. The van der Waals surface area contributed by atoms with Gasteiger partial charge in [0.05, 0.1) is 5.69 Å². The van der Waals surface area contributed by atoms with Gasteiger partial charge in [0.25, 0.3) is 5.56 Å². The fraction of sp³-hybridized carbons (Fsp3) is 0.600. The van der Waals surface area contributed by atoms with E-state index in [1.807, 2.05) is 10.6 Å². The van der Waals surface area contributed by atoms with Crippen LogP contribution < -0.4 is 10.9 Å². The second-order valence-corrected chi connectivity index (χ2v) is 7.96. The average Bonchev–Trinajstić information content (AvgIpc) is 3.05. The van der Waals surface area contributed by atoms with Gasteiger partial charge in [-0.3, -0.25) is 14.8 Å². The largest absolute Gasteiger partial charge is 0.316 e. The number of nitrogens with zero attached hydrogens (tertiary/aromatic N) is 3. The number of aromatic amines is 1. The molecular weight excluding hydrogens is 397 g/mol. The van der Waals surface area contributed by atoms with Crippen LogP contribution in [0.15, 0.2) is 23.0 Å². The Morgan fingerprint density at radius 3 is 2.86 bits per heavy atom. The highest BCUT2D eigenvalue weighted by atomic mass is 35.5. The summed E-state index contributed by atoms with van der Waals surface area (Å²) in [4.78, 5) is 15.2. The molecule has 0 aromatic carbocycles. The highest BCUT2D eigenvalue weighted by Gasteiger charge is 2.31. The quantitative estimate of drug-likeness (QED) is 0.743. The number of pyridine rings is 1. The third-order valence-electron chi connectivity index (χ3n) is 5.66. The van der Waals surface area contributed by atoms with Gasteiger partial charge in [0.1, 0.15) is 0 Å². The maximum absolute atomic E-state index is 13.0. The molecule has 6 nitrogen and oxygen atoms in total. The topological polar surface area (TPSA) is 66.0 Å². The molecule has 2 bridgehead atoms. The molecule has 4 heterocycles. The maximum Gasteiger partial charge on any atom is 0.255 e. The second-order valence-electron chi connectivity index (χ2n) is 7.96. The summed E-state index contributed by atoms with van der Waals surface area (Å²) in [5.74, 6) is 1.08. The monoisotopic (exact) mass is 427 g/mol. The van der Waals surface area contributed by atoms with Gasteiger partial charge in [0.2, 0.25) is 0 Å².